The standard InChI is InChI=1S/C9H8ClF4N.ClH/c10-7-2-5(8(15)4-11)1-6(3-7)9(12,13)14;/h1-3,8H,4,15H2;1H/t8-;/m0./s1. The molecule has 0 aliphatic carbocycles. The number of rotatable bonds is 2. The summed E-state index contributed by atoms with van der Waals surface area (Å²) in [6.07, 6.45) is -4.50. The van der Waals surface area contributed by atoms with E-state index in [1.54, 1.807) is 0 Å². The molecule has 1 atom stereocenters. The quantitative estimate of drug-likeness (QED) is 0.819. The lowest BCUT2D eigenvalue weighted by molar-refractivity contribution is -0.137. The molecule has 1 nitrogen and oxygen atoms in total. The molecule has 16 heavy (non-hydrogen) atoms. The average molecular weight is 278 g/mol. The molecule has 0 bridgehead atoms. The van der Waals surface area contributed by atoms with E-state index in [9.17, 15) is 17.6 Å². The third-order valence-electron chi connectivity index (χ3n) is 1.84. The van der Waals surface area contributed by atoms with Gasteiger partial charge in [-0.3, -0.25) is 0 Å². The fraction of sp³-hybridized carbons (Fsp3) is 0.333. The fourth-order valence-corrected chi connectivity index (χ4v) is 1.32. The van der Waals surface area contributed by atoms with Crippen molar-refractivity contribution in [3.05, 3.63) is 34.3 Å². The first-order valence-corrected chi connectivity index (χ1v) is 4.41. The molecule has 2 N–H and O–H groups in total. The molecule has 0 saturated heterocycles. The van der Waals surface area contributed by atoms with Crippen LogP contribution in [0.2, 0.25) is 5.02 Å². The monoisotopic (exact) mass is 277 g/mol. The van der Waals surface area contributed by atoms with Crippen molar-refractivity contribution in [1.29, 1.82) is 0 Å². The molecule has 0 aliphatic rings. The number of benzene rings is 1. The Kier molecular flexibility index (Phi) is 5.52. The zero-order valence-corrected chi connectivity index (χ0v) is 9.46. The second kappa shape index (κ2) is 5.70. The van der Waals surface area contributed by atoms with Crippen LogP contribution in [0.4, 0.5) is 17.6 Å². The second-order valence-corrected chi connectivity index (χ2v) is 3.47. The van der Waals surface area contributed by atoms with E-state index in [2.05, 4.69) is 0 Å². The SMILES string of the molecule is Cl.N[C@@H](CF)c1cc(Cl)cc(C(F)(F)F)c1. The van der Waals surface area contributed by atoms with E-state index < -0.39 is 24.5 Å². The van der Waals surface area contributed by atoms with Gasteiger partial charge in [-0.25, -0.2) is 4.39 Å². The van der Waals surface area contributed by atoms with Gasteiger partial charge in [0.25, 0.3) is 0 Å². The van der Waals surface area contributed by atoms with E-state index in [1.807, 2.05) is 0 Å². The Balaban J connectivity index is 0.00000225. The lowest BCUT2D eigenvalue weighted by atomic mass is 10.1. The molecular weight excluding hydrogens is 269 g/mol. The molecule has 1 aromatic carbocycles. The predicted octanol–water partition coefficient (Wildman–Crippen LogP) is 3.75. The summed E-state index contributed by atoms with van der Waals surface area (Å²) >= 11 is 5.48. The minimum Gasteiger partial charge on any atom is -0.322 e. The summed E-state index contributed by atoms with van der Waals surface area (Å²) in [4.78, 5) is 0. The van der Waals surface area contributed by atoms with Crippen molar-refractivity contribution in [2.24, 2.45) is 5.73 Å². The highest BCUT2D eigenvalue weighted by Gasteiger charge is 2.31. The smallest absolute Gasteiger partial charge is 0.322 e. The van der Waals surface area contributed by atoms with Crippen molar-refractivity contribution in [3.8, 4) is 0 Å². The maximum absolute atomic E-state index is 12.3. The van der Waals surface area contributed by atoms with Gasteiger partial charge in [-0.05, 0) is 23.8 Å². The molecule has 0 unspecified atom stereocenters. The van der Waals surface area contributed by atoms with Crippen molar-refractivity contribution in [2.75, 3.05) is 6.67 Å². The van der Waals surface area contributed by atoms with Crippen LogP contribution in [0.15, 0.2) is 18.2 Å². The van der Waals surface area contributed by atoms with Gasteiger partial charge in [-0.15, -0.1) is 12.4 Å². The van der Waals surface area contributed by atoms with Gasteiger partial charge in [0.05, 0.1) is 11.6 Å². The summed E-state index contributed by atoms with van der Waals surface area (Å²) in [6.45, 7) is -0.933. The molecular formula is C9H9Cl2F4N. The van der Waals surface area contributed by atoms with Gasteiger partial charge < -0.3 is 5.73 Å². The zero-order chi connectivity index (χ0) is 11.6. The zero-order valence-electron chi connectivity index (χ0n) is 7.89. The Labute approximate surface area is 101 Å². The van der Waals surface area contributed by atoms with Crippen LogP contribution in [0.1, 0.15) is 17.2 Å². The fourth-order valence-electron chi connectivity index (χ4n) is 1.08. The summed E-state index contributed by atoms with van der Waals surface area (Å²) in [6, 6.07) is 1.72. The molecule has 0 heterocycles. The van der Waals surface area contributed by atoms with Gasteiger partial charge in [-0.1, -0.05) is 11.6 Å². The molecule has 0 saturated carbocycles. The van der Waals surface area contributed by atoms with E-state index in [0.29, 0.717) is 0 Å². The Morgan fingerprint density at radius 1 is 1.25 bits per heavy atom. The molecule has 0 fully saturated rings. The largest absolute Gasteiger partial charge is 0.416 e. The average Bonchev–Trinajstić information content (AvgIpc) is 2.14. The van der Waals surface area contributed by atoms with Crippen LogP contribution in [0.3, 0.4) is 0 Å². The van der Waals surface area contributed by atoms with E-state index in [4.69, 9.17) is 17.3 Å². The number of hydrogen-bond donors (Lipinski definition) is 1. The van der Waals surface area contributed by atoms with Crippen LogP contribution < -0.4 is 5.73 Å². The molecule has 0 spiro atoms. The molecule has 0 radical (unpaired) electrons. The van der Waals surface area contributed by atoms with Crippen LogP contribution >= 0.6 is 24.0 Å². The first-order chi connectivity index (χ1) is 6.84. The summed E-state index contributed by atoms with van der Waals surface area (Å²) in [5.41, 5.74) is 4.39. The van der Waals surface area contributed by atoms with E-state index in [-0.39, 0.29) is 23.0 Å². The highest BCUT2D eigenvalue weighted by atomic mass is 35.5. The van der Waals surface area contributed by atoms with Gasteiger partial charge in [0.1, 0.15) is 6.67 Å². The molecule has 0 aromatic heterocycles. The van der Waals surface area contributed by atoms with Crippen LogP contribution in [0.5, 0.6) is 0 Å². The van der Waals surface area contributed by atoms with Gasteiger partial charge >= 0.3 is 6.18 Å². The minimum absolute atomic E-state index is 0. The maximum atomic E-state index is 12.3. The third kappa shape index (κ3) is 3.81. The van der Waals surface area contributed by atoms with E-state index in [0.717, 1.165) is 12.1 Å². The molecule has 92 valence electrons. The Morgan fingerprint density at radius 3 is 2.25 bits per heavy atom. The first-order valence-electron chi connectivity index (χ1n) is 4.04. The van der Waals surface area contributed by atoms with Gasteiger partial charge in [0.15, 0.2) is 0 Å². The second-order valence-electron chi connectivity index (χ2n) is 3.03. The lowest BCUT2D eigenvalue weighted by Gasteiger charge is -2.12. The highest BCUT2D eigenvalue weighted by molar-refractivity contribution is 6.30. The lowest BCUT2D eigenvalue weighted by Crippen LogP contribution is -2.14. The van der Waals surface area contributed by atoms with Crippen molar-refractivity contribution in [2.45, 2.75) is 12.2 Å². The molecule has 1 aromatic rings. The third-order valence-corrected chi connectivity index (χ3v) is 2.06. The van der Waals surface area contributed by atoms with Crippen LogP contribution in [0, 0.1) is 0 Å². The highest BCUT2D eigenvalue weighted by Crippen LogP contribution is 2.32. The Morgan fingerprint density at radius 2 is 1.81 bits per heavy atom. The molecule has 7 heteroatoms. The van der Waals surface area contributed by atoms with Crippen molar-refractivity contribution in [3.63, 3.8) is 0 Å². The first kappa shape index (κ1) is 15.5. The Bertz CT molecular complexity index is 354. The van der Waals surface area contributed by atoms with Gasteiger partial charge in [0.2, 0.25) is 0 Å². The molecule has 0 amide bonds. The Hall–Kier alpha value is -0.520. The number of alkyl halides is 4. The van der Waals surface area contributed by atoms with Crippen LogP contribution in [0.25, 0.3) is 0 Å². The van der Waals surface area contributed by atoms with Crippen molar-refractivity contribution >= 4 is 24.0 Å². The normalized spacial score (nSPS) is 13.1. The number of hydrogen-bond acceptors (Lipinski definition) is 1. The maximum Gasteiger partial charge on any atom is 0.416 e. The molecule has 0 aliphatic heterocycles. The number of halogens is 6. The summed E-state index contributed by atoms with van der Waals surface area (Å²) in [5, 5.41) is -0.108. The molecule has 1 rings (SSSR count). The van der Waals surface area contributed by atoms with Crippen LogP contribution in [-0.2, 0) is 6.18 Å². The van der Waals surface area contributed by atoms with Gasteiger partial charge in [0, 0.05) is 5.02 Å². The summed E-state index contributed by atoms with van der Waals surface area (Å²) < 4.78 is 49.1. The summed E-state index contributed by atoms with van der Waals surface area (Å²) in [5.74, 6) is 0. The van der Waals surface area contributed by atoms with Crippen molar-refractivity contribution < 1.29 is 17.6 Å². The topological polar surface area (TPSA) is 26.0 Å². The van der Waals surface area contributed by atoms with Crippen LogP contribution in [-0.4, -0.2) is 6.67 Å². The van der Waals surface area contributed by atoms with Gasteiger partial charge in [-0.2, -0.15) is 13.2 Å². The van der Waals surface area contributed by atoms with E-state index in [1.165, 1.54) is 6.07 Å². The minimum atomic E-state index is -4.50. The summed E-state index contributed by atoms with van der Waals surface area (Å²) in [7, 11) is 0. The van der Waals surface area contributed by atoms with E-state index >= 15 is 0 Å². The predicted molar refractivity (Wildman–Crippen MR) is 56.6 cm³/mol. The number of nitrogens with two attached hydrogens (primary N) is 1. The van der Waals surface area contributed by atoms with Crippen molar-refractivity contribution in [1.82, 2.24) is 0 Å².